The van der Waals surface area contributed by atoms with Crippen molar-refractivity contribution in [1.82, 2.24) is 0 Å². The number of unbranched alkanes of at least 4 members (excludes halogenated alkanes) is 2. The Morgan fingerprint density at radius 3 is 2.71 bits per heavy atom. The molecule has 1 heterocycles. The topological polar surface area (TPSA) is 102 Å². The molecule has 0 amide bonds. The Morgan fingerprint density at radius 1 is 1.18 bits per heavy atom. The average Bonchev–Trinajstić information content (AvgIpc) is 3.09. The van der Waals surface area contributed by atoms with Gasteiger partial charge in [0.25, 0.3) is 0 Å². The van der Waals surface area contributed by atoms with Crippen molar-refractivity contribution in [2.24, 2.45) is 23.7 Å². The normalized spacial score (nSPS) is 26.8. The summed E-state index contributed by atoms with van der Waals surface area (Å²) in [5.74, 6) is 0.278. The quantitative estimate of drug-likeness (QED) is 0.351. The number of benzene rings is 1. The number of ether oxygens (including phenoxy) is 3. The van der Waals surface area contributed by atoms with Gasteiger partial charge in [0.2, 0.25) is 0 Å². The molecule has 1 aromatic carbocycles. The van der Waals surface area contributed by atoms with E-state index in [9.17, 15) is 14.7 Å². The van der Waals surface area contributed by atoms with Gasteiger partial charge in [0.15, 0.2) is 6.61 Å². The van der Waals surface area contributed by atoms with Crippen molar-refractivity contribution < 1.29 is 34.0 Å². The second-order valence-corrected chi connectivity index (χ2v) is 10.2. The average molecular weight is 475 g/mol. The molecule has 34 heavy (non-hydrogen) atoms. The molecule has 0 radical (unpaired) electrons. The van der Waals surface area contributed by atoms with Crippen LogP contribution in [0.3, 0.4) is 0 Å². The molecule has 7 nitrogen and oxygen atoms in total. The fourth-order valence-corrected chi connectivity index (χ4v) is 5.96. The maximum atomic E-state index is 12.6. The highest BCUT2D eigenvalue weighted by molar-refractivity contribution is 5.73. The van der Waals surface area contributed by atoms with Crippen molar-refractivity contribution in [3.8, 4) is 5.75 Å². The van der Waals surface area contributed by atoms with Crippen LogP contribution in [0.4, 0.5) is 0 Å². The summed E-state index contributed by atoms with van der Waals surface area (Å²) in [7, 11) is 0. The summed E-state index contributed by atoms with van der Waals surface area (Å²) in [6, 6.07) is 5.86. The minimum Gasteiger partial charge on any atom is -0.482 e. The molecule has 1 saturated carbocycles. The Bertz CT molecular complexity index is 849. The minimum atomic E-state index is -0.989. The fourth-order valence-electron chi connectivity index (χ4n) is 5.96. The van der Waals surface area contributed by atoms with Crippen LogP contribution in [0.2, 0.25) is 0 Å². The molecule has 4 rings (SSSR count). The van der Waals surface area contributed by atoms with E-state index in [-0.39, 0.29) is 36.6 Å². The Morgan fingerprint density at radius 2 is 2.00 bits per heavy atom. The molecule has 1 aromatic rings. The molecule has 2 aliphatic carbocycles. The van der Waals surface area contributed by atoms with Gasteiger partial charge in [0.05, 0.1) is 19.3 Å². The first-order valence-corrected chi connectivity index (χ1v) is 12.9. The number of hydrogen-bond acceptors (Lipinski definition) is 6. The number of carboxylic acids is 1. The molecule has 1 aliphatic heterocycles. The highest BCUT2D eigenvalue weighted by Gasteiger charge is 2.48. The van der Waals surface area contributed by atoms with Crippen LogP contribution in [0.5, 0.6) is 5.75 Å². The SMILES string of the molecule is CCCCC[C@H](O)CC[C@@H]1[C@H]2Cc3cccc(OCC(=O)O)c3C[C@H]2C[C@H]1OC(=O)C1COC1. The van der Waals surface area contributed by atoms with Gasteiger partial charge in [-0.25, -0.2) is 4.79 Å². The standard InChI is InChI=1S/C27H38O7/c1-2-3-4-7-20(28)9-10-21-22-11-17-6-5-8-24(33-16-26(29)30)23(17)12-18(22)13-25(21)34-27(31)19-14-32-15-19/h5-6,8,18-22,25,28H,2-4,7,9-16H2,1H3,(H,29,30)/t18-,20-,21+,22-,25+/m0/s1. The van der Waals surface area contributed by atoms with Crippen molar-refractivity contribution in [3.63, 3.8) is 0 Å². The van der Waals surface area contributed by atoms with Crippen LogP contribution >= 0.6 is 0 Å². The van der Waals surface area contributed by atoms with Crippen LogP contribution in [-0.4, -0.2) is 54.2 Å². The van der Waals surface area contributed by atoms with Crippen molar-refractivity contribution in [3.05, 3.63) is 29.3 Å². The summed E-state index contributed by atoms with van der Waals surface area (Å²) in [5, 5.41) is 19.6. The van der Waals surface area contributed by atoms with E-state index >= 15 is 0 Å². The summed E-state index contributed by atoms with van der Waals surface area (Å²) in [5.41, 5.74) is 2.28. The molecule has 188 valence electrons. The molecule has 1 saturated heterocycles. The summed E-state index contributed by atoms with van der Waals surface area (Å²) in [6.45, 7) is 2.69. The highest BCUT2D eigenvalue weighted by atomic mass is 16.6. The van der Waals surface area contributed by atoms with Crippen LogP contribution in [-0.2, 0) is 31.9 Å². The van der Waals surface area contributed by atoms with Gasteiger partial charge in [0.1, 0.15) is 17.8 Å². The van der Waals surface area contributed by atoms with Gasteiger partial charge in [-0.1, -0.05) is 38.3 Å². The van der Waals surface area contributed by atoms with Crippen LogP contribution < -0.4 is 4.74 Å². The largest absolute Gasteiger partial charge is 0.482 e. The number of carbonyl (C=O) groups excluding carboxylic acids is 1. The predicted octanol–water partition coefficient (Wildman–Crippen LogP) is 3.78. The second kappa shape index (κ2) is 11.5. The molecule has 0 spiro atoms. The molecule has 5 atom stereocenters. The third kappa shape index (κ3) is 5.92. The van der Waals surface area contributed by atoms with Gasteiger partial charge in [-0.15, -0.1) is 0 Å². The maximum absolute atomic E-state index is 12.6. The molecule has 2 N–H and O–H groups in total. The predicted molar refractivity (Wildman–Crippen MR) is 126 cm³/mol. The van der Waals surface area contributed by atoms with Gasteiger partial charge in [-0.05, 0) is 73.5 Å². The van der Waals surface area contributed by atoms with Gasteiger partial charge in [0, 0.05) is 0 Å². The zero-order valence-electron chi connectivity index (χ0n) is 20.1. The summed E-state index contributed by atoms with van der Waals surface area (Å²) >= 11 is 0. The zero-order chi connectivity index (χ0) is 24.1. The number of carboxylic acid groups (broad SMARTS) is 1. The lowest BCUT2D eigenvalue weighted by atomic mass is 9.73. The van der Waals surface area contributed by atoms with Crippen molar-refractivity contribution >= 4 is 11.9 Å². The lowest BCUT2D eigenvalue weighted by molar-refractivity contribution is -0.171. The van der Waals surface area contributed by atoms with Crippen LogP contribution in [0.1, 0.15) is 63.0 Å². The number of fused-ring (bicyclic) bond motifs is 2. The molecule has 0 aromatic heterocycles. The molecule has 3 aliphatic rings. The summed E-state index contributed by atoms with van der Waals surface area (Å²) in [4.78, 5) is 23.6. The number of esters is 1. The Kier molecular flexibility index (Phi) is 8.48. The molecule has 2 fully saturated rings. The van der Waals surface area contributed by atoms with Gasteiger partial charge in [-0.3, -0.25) is 4.79 Å². The first-order chi connectivity index (χ1) is 16.5. The molecule has 0 bridgehead atoms. The van der Waals surface area contributed by atoms with Gasteiger partial charge in [-0.2, -0.15) is 0 Å². The van der Waals surface area contributed by atoms with Crippen molar-refractivity contribution in [2.45, 2.75) is 76.9 Å². The molecule has 7 heteroatoms. The number of aliphatic hydroxyl groups excluding tert-OH is 1. The molecular weight excluding hydrogens is 436 g/mol. The van der Waals surface area contributed by atoms with Gasteiger partial charge < -0.3 is 24.4 Å². The van der Waals surface area contributed by atoms with Crippen LogP contribution in [0.25, 0.3) is 0 Å². The van der Waals surface area contributed by atoms with E-state index < -0.39 is 5.97 Å². The number of aliphatic hydroxyl groups is 1. The summed E-state index contributed by atoms with van der Waals surface area (Å²) in [6.07, 6.45) is 7.72. The highest BCUT2D eigenvalue weighted by Crippen LogP contribution is 2.49. The minimum absolute atomic E-state index is 0.149. The van der Waals surface area contributed by atoms with Crippen molar-refractivity contribution in [1.29, 1.82) is 0 Å². The van der Waals surface area contributed by atoms with Crippen molar-refractivity contribution in [2.75, 3.05) is 19.8 Å². The first-order valence-electron chi connectivity index (χ1n) is 12.9. The van der Waals surface area contributed by atoms with E-state index in [0.717, 1.165) is 63.4 Å². The summed E-state index contributed by atoms with van der Waals surface area (Å²) < 4.78 is 16.8. The number of aliphatic carboxylic acids is 1. The lowest BCUT2D eigenvalue weighted by Gasteiger charge is -2.33. The Hall–Kier alpha value is -2.12. The number of carbonyl (C=O) groups is 2. The first kappa shape index (κ1) is 25.0. The van der Waals surface area contributed by atoms with Gasteiger partial charge >= 0.3 is 11.9 Å². The Labute approximate surface area is 201 Å². The van der Waals surface area contributed by atoms with E-state index in [2.05, 4.69) is 13.0 Å². The molecular formula is C27H38O7. The number of hydrogen-bond donors (Lipinski definition) is 2. The van der Waals surface area contributed by atoms with E-state index in [1.807, 2.05) is 12.1 Å². The molecule has 0 unspecified atom stereocenters. The maximum Gasteiger partial charge on any atom is 0.341 e. The van der Waals surface area contributed by atoms with E-state index in [4.69, 9.17) is 19.3 Å². The third-order valence-electron chi connectivity index (χ3n) is 7.88. The smallest absolute Gasteiger partial charge is 0.341 e. The van der Waals surface area contributed by atoms with Crippen LogP contribution in [0.15, 0.2) is 18.2 Å². The monoisotopic (exact) mass is 474 g/mol. The zero-order valence-corrected chi connectivity index (χ0v) is 20.1. The lowest BCUT2D eigenvalue weighted by Crippen LogP contribution is -2.39. The third-order valence-corrected chi connectivity index (χ3v) is 7.88. The van der Waals surface area contributed by atoms with E-state index in [1.165, 1.54) is 5.56 Å². The fraction of sp³-hybridized carbons (Fsp3) is 0.704. The number of rotatable bonds is 12. The Balaban J connectivity index is 1.46. The second-order valence-electron chi connectivity index (χ2n) is 10.2. The van der Waals surface area contributed by atoms with E-state index in [0.29, 0.717) is 30.8 Å². The van der Waals surface area contributed by atoms with Crippen LogP contribution in [0, 0.1) is 23.7 Å². The van der Waals surface area contributed by atoms with E-state index in [1.54, 1.807) is 0 Å².